The molecule has 1 aromatic rings. The first-order valence-electron chi connectivity index (χ1n) is 12.7. The van der Waals surface area contributed by atoms with Gasteiger partial charge in [-0.3, -0.25) is 0 Å². The molecule has 2 N–H and O–H groups in total. The van der Waals surface area contributed by atoms with Crippen LogP contribution in [-0.2, 0) is 6.42 Å². The number of aliphatic hydroxyl groups is 2. The van der Waals surface area contributed by atoms with Crippen LogP contribution in [0.1, 0.15) is 83.8 Å². The van der Waals surface area contributed by atoms with Crippen LogP contribution in [0.4, 0.5) is 0 Å². The van der Waals surface area contributed by atoms with Gasteiger partial charge in [-0.1, -0.05) is 53.0 Å². The maximum Gasteiger partial charge on any atom is 0.119 e. The standard InChI is InChI=1S/C28H46O3/c1-18(2)8-7-9-20(4)27-26(30)17-24-23(25(29)14-15-28(24,27)5)13-11-21-16-22(31-6)12-10-19(21)3/h10,12,16,18,20,23-27,29-30H,7-9,11,13-15,17H2,1-6H3/t20-,23+,24+,25-,26+,27+,28+/m1/s1. The molecule has 7 atom stereocenters. The fraction of sp³-hybridized carbons (Fsp3) is 0.786. The smallest absolute Gasteiger partial charge is 0.119 e. The molecule has 0 radical (unpaired) electrons. The van der Waals surface area contributed by atoms with Crippen LogP contribution in [-0.4, -0.2) is 29.5 Å². The van der Waals surface area contributed by atoms with Crippen molar-refractivity contribution in [3.8, 4) is 5.75 Å². The SMILES string of the molecule is COc1ccc(C)c(CC[C@@H]2[C@H](O)CC[C@]3(C)[C@@H]([C@H](C)CCCC(C)C)[C@@H](O)C[C@@H]23)c1. The highest BCUT2D eigenvalue weighted by molar-refractivity contribution is 5.35. The largest absolute Gasteiger partial charge is 0.497 e. The highest BCUT2D eigenvalue weighted by Crippen LogP contribution is 2.60. The molecule has 2 aliphatic rings. The van der Waals surface area contributed by atoms with Gasteiger partial charge in [-0.15, -0.1) is 0 Å². The van der Waals surface area contributed by atoms with E-state index in [1.807, 2.05) is 6.07 Å². The van der Waals surface area contributed by atoms with Crippen molar-refractivity contribution in [3.63, 3.8) is 0 Å². The summed E-state index contributed by atoms with van der Waals surface area (Å²) < 4.78 is 5.43. The van der Waals surface area contributed by atoms with Crippen LogP contribution < -0.4 is 4.74 Å². The lowest BCUT2D eigenvalue weighted by Gasteiger charge is -2.48. The van der Waals surface area contributed by atoms with Crippen molar-refractivity contribution >= 4 is 0 Å². The number of ether oxygens (including phenoxy) is 1. The molecule has 0 aliphatic heterocycles. The lowest BCUT2D eigenvalue weighted by molar-refractivity contribution is -0.0584. The first-order chi connectivity index (χ1) is 14.7. The molecule has 3 heteroatoms. The van der Waals surface area contributed by atoms with Crippen LogP contribution in [0.2, 0.25) is 0 Å². The average Bonchev–Trinajstić information content (AvgIpc) is 2.98. The molecule has 0 bridgehead atoms. The Morgan fingerprint density at radius 3 is 2.55 bits per heavy atom. The third-order valence-electron chi connectivity index (χ3n) is 8.87. The summed E-state index contributed by atoms with van der Waals surface area (Å²) in [6, 6.07) is 6.29. The first-order valence-corrected chi connectivity index (χ1v) is 12.7. The van der Waals surface area contributed by atoms with Gasteiger partial charge in [0, 0.05) is 0 Å². The van der Waals surface area contributed by atoms with Crippen molar-refractivity contribution in [1.82, 2.24) is 0 Å². The number of fused-ring (bicyclic) bond motifs is 1. The van der Waals surface area contributed by atoms with E-state index in [0.29, 0.717) is 17.8 Å². The van der Waals surface area contributed by atoms with E-state index in [2.05, 4.69) is 46.8 Å². The zero-order chi connectivity index (χ0) is 22.8. The van der Waals surface area contributed by atoms with Crippen LogP contribution >= 0.6 is 0 Å². The number of benzene rings is 1. The molecule has 1 aromatic carbocycles. The summed E-state index contributed by atoms with van der Waals surface area (Å²) in [6.07, 6.45) is 7.98. The van der Waals surface area contributed by atoms with Gasteiger partial charge >= 0.3 is 0 Å². The van der Waals surface area contributed by atoms with Crippen molar-refractivity contribution in [2.45, 2.75) is 98.2 Å². The average molecular weight is 431 g/mol. The molecule has 31 heavy (non-hydrogen) atoms. The van der Waals surface area contributed by atoms with Gasteiger partial charge in [-0.25, -0.2) is 0 Å². The molecule has 3 nitrogen and oxygen atoms in total. The van der Waals surface area contributed by atoms with E-state index >= 15 is 0 Å². The lowest BCUT2D eigenvalue weighted by Crippen LogP contribution is -2.45. The number of aryl methyl sites for hydroxylation is 2. The molecule has 2 saturated carbocycles. The second-order valence-corrected chi connectivity index (χ2v) is 11.3. The van der Waals surface area contributed by atoms with Crippen molar-refractivity contribution < 1.29 is 14.9 Å². The van der Waals surface area contributed by atoms with Crippen molar-refractivity contribution in [2.24, 2.45) is 35.0 Å². The van der Waals surface area contributed by atoms with E-state index in [1.165, 1.54) is 30.4 Å². The Bertz CT molecular complexity index is 714. The zero-order valence-corrected chi connectivity index (χ0v) is 20.7. The quantitative estimate of drug-likeness (QED) is 0.492. The summed E-state index contributed by atoms with van der Waals surface area (Å²) in [5, 5.41) is 22.2. The topological polar surface area (TPSA) is 49.7 Å². The van der Waals surface area contributed by atoms with E-state index in [1.54, 1.807) is 7.11 Å². The second-order valence-electron chi connectivity index (χ2n) is 11.3. The summed E-state index contributed by atoms with van der Waals surface area (Å²) in [6.45, 7) is 11.5. The van der Waals surface area contributed by atoms with Gasteiger partial charge in [0.1, 0.15) is 5.75 Å². The van der Waals surface area contributed by atoms with Crippen LogP contribution in [0.25, 0.3) is 0 Å². The molecule has 0 unspecified atom stereocenters. The predicted octanol–water partition coefficient (Wildman–Crippen LogP) is 6.17. The molecule has 0 spiro atoms. The fourth-order valence-corrected chi connectivity index (χ4v) is 7.14. The molecule has 0 saturated heterocycles. The lowest BCUT2D eigenvalue weighted by atomic mass is 9.57. The van der Waals surface area contributed by atoms with Crippen LogP contribution in [0.15, 0.2) is 18.2 Å². The molecular formula is C28H46O3. The van der Waals surface area contributed by atoms with Gasteiger partial charge < -0.3 is 14.9 Å². The van der Waals surface area contributed by atoms with E-state index < -0.39 is 0 Å². The maximum absolute atomic E-state index is 11.2. The van der Waals surface area contributed by atoms with Gasteiger partial charge in [0.25, 0.3) is 0 Å². The highest BCUT2D eigenvalue weighted by Gasteiger charge is 2.57. The number of rotatable bonds is 9. The van der Waals surface area contributed by atoms with Gasteiger partial charge in [0.2, 0.25) is 0 Å². The van der Waals surface area contributed by atoms with Gasteiger partial charge in [-0.05, 0) is 97.3 Å². The molecular weight excluding hydrogens is 384 g/mol. The molecule has 2 aliphatic carbocycles. The molecule has 3 rings (SSSR count). The number of hydrogen-bond acceptors (Lipinski definition) is 3. The fourth-order valence-electron chi connectivity index (χ4n) is 7.14. The van der Waals surface area contributed by atoms with Gasteiger partial charge in [-0.2, -0.15) is 0 Å². The van der Waals surface area contributed by atoms with E-state index in [9.17, 15) is 10.2 Å². The van der Waals surface area contributed by atoms with Gasteiger partial charge in [0.05, 0.1) is 19.3 Å². The Kier molecular flexibility index (Phi) is 8.13. The van der Waals surface area contributed by atoms with Crippen LogP contribution in [0.3, 0.4) is 0 Å². The minimum Gasteiger partial charge on any atom is -0.497 e. The molecule has 0 aromatic heterocycles. The van der Waals surface area contributed by atoms with Crippen molar-refractivity contribution in [2.75, 3.05) is 7.11 Å². The number of methoxy groups -OCH3 is 1. The summed E-state index contributed by atoms with van der Waals surface area (Å²) in [7, 11) is 1.72. The Hall–Kier alpha value is -1.06. The summed E-state index contributed by atoms with van der Waals surface area (Å²) in [4.78, 5) is 0. The Balaban J connectivity index is 1.72. The molecule has 2 fully saturated rings. The predicted molar refractivity (Wildman–Crippen MR) is 128 cm³/mol. The minimum atomic E-state index is -0.244. The zero-order valence-electron chi connectivity index (χ0n) is 20.7. The number of hydrogen-bond donors (Lipinski definition) is 2. The first kappa shape index (κ1) is 24.6. The van der Waals surface area contributed by atoms with E-state index in [4.69, 9.17) is 4.74 Å². The number of aliphatic hydroxyl groups excluding tert-OH is 2. The minimum absolute atomic E-state index is 0.143. The molecule has 176 valence electrons. The molecule has 0 heterocycles. The Labute approximate surface area is 190 Å². The monoisotopic (exact) mass is 430 g/mol. The molecule has 0 amide bonds. The normalized spacial score (nSPS) is 34.0. The summed E-state index contributed by atoms with van der Waals surface area (Å²) in [5.41, 5.74) is 2.75. The van der Waals surface area contributed by atoms with Crippen molar-refractivity contribution in [1.29, 1.82) is 0 Å². The summed E-state index contributed by atoms with van der Waals surface area (Å²) in [5.74, 6) is 3.24. The second kappa shape index (κ2) is 10.3. The Morgan fingerprint density at radius 2 is 1.87 bits per heavy atom. The van der Waals surface area contributed by atoms with E-state index in [0.717, 1.165) is 43.8 Å². The third-order valence-corrected chi connectivity index (χ3v) is 8.87. The summed E-state index contributed by atoms with van der Waals surface area (Å²) >= 11 is 0. The van der Waals surface area contributed by atoms with Crippen LogP contribution in [0, 0.1) is 41.9 Å². The third kappa shape index (κ3) is 5.30. The van der Waals surface area contributed by atoms with E-state index in [-0.39, 0.29) is 23.5 Å². The van der Waals surface area contributed by atoms with Crippen LogP contribution in [0.5, 0.6) is 5.75 Å². The van der Waals surface area contributed by atoms with Crippen molar-refractivity contribution in [3.05, 3.63) is 29.3 Å². The maximum atomic E-state index is 11.2. The Morgan fingerprint density at radius 1 is 1.13 bits per heavy atom. The van der Waals surface area contributed by atoms with Gasteiger partial charge in [0.15, 0.2) is 0 Å². The highest BCUT2D eigenvalue weighted by atomic mass is 16.5.